The average molecular weight is 357 g/mol. The molecule has 134 valence electrons. The summed E-state index contributed by atoms with van der Waals surface area (Å²) in [6, 6.07) is 14.2. The number of aromatic nitrogens is 4. The van der Waals surface area contributed by atoms with Crippen LogP contribution in [0.1, 0.15) is 11.4 Å². The third-order valence-electron chi connectivity index (χ3n) is 4.76. The largest absolute Gasteiger partial charge is 0.378 e. The summed E-state index contributed by atoms with van der Waals surface area (Å²) in [7, 11) is 0. The molecule has 0 atom stereocenters. The molecule has 4 heterocycles. The lowest BCUT2D eigenvalue weighted by Crippen LogP contribution is -2.36. The third kappa shape index (κ3) is 3.15. The fourth-order valence-electron chi connectivity index (χ4n) is 3.38. The van der Waals surface area contributed by atoms with Crippen molar-refractivity contribution >= 4 is 34.4 Å². The average Bonchev–Trinajstić information content (AvgIpc) is 3.16. The molecule has 0 radical (unpaired) electrons. The second-order valence-electron chi connectivity index (χ2n) is 6.51. The number of hydrogen-bond donors (Lipinski definition) is 0. The predicted octanol–water partition coefficient (Wildman–Crippen LogP) is 3.28. The minimum absolute atomic E-state index is 0.746. The Morgan fingerprint density at radius 2 is 1.74 bits per heavy atom. The SMILES string of the molecule is C(=Cc1cn2nccc(N3CCOCC3)c2n1)c1ccc2ccccc2n1. The van der Waals surface area contributed by atoms with Gasteiger partial charge >= 0.3 is 0 Å². The van der Waals surface area contributed by atoms with Crippen molar-refractivity contribution in [3.63, 3.8) is 0 Å². The number of benzene rings is 1. The molecule has 0 N–H and O–H groups in total. The molecule has 27 heavy (non-hydrogen) atoms. The van der Waals surface area contributed by atoms with Crippen molar-refractivity contribution in [1.29, 1.82) is 0 Å². The van der Waals surface area contributed by atoms with Crippen molar-refractivity contribution in [2.24, 2.45) is 0 Å². The molecule has 1 aliphatic heterocycles. The number of hydrogen-bond acceptors (Lipinski definition) is 5. The molecular weight excluding hydrogens is 338 g/mol. The first-order chi connectivity index (χ1) is 13.4. The van der Waals surface area contributed by atoms with E-state index < -0.39 is 0 Å². The third-order valence-corrected chi connectivity index (χ3v) is 4.76. The Morgan fingerprint density at radius 1 is 0.889 bits per heavy atom. The molecule has 3 aromatic heterocycles. The van der Waals surface area contributed by atoms with Crippen LogP contribution in [0.25, 0.3) is 28.7 Å². The molecule has 0 aliphatic carbocycles. The molecule has 5 rings (SSSR count). The molecule has 0 spiro atoms. The van der Waals surface area contributed by atoms with Crippen molar-refractivity contribution in [1.82, 2.24) is 19.6 Å². The van der Waals surface area contributed by atoms with Gasteiger partial charge in [0.05, 0.1) is 48.2 Å². The molecule has 4 aromatic rings. The van der Waals surface area contributed by atoms with E-state index in [-0.39, 0.29) is 0 Å². The lowest BCUT2D eigenvalue weighted by atomic mass is 10.2. The van der Waals surface area contributed by atoms with Gasteiger partial charge in [-0.1, -0.05) is 24.3 Å². The maximum absolute atomic E-state index is 5.45. The van der Waals surface area contributed by atoms with Crippen LogP contribution in [0.3, 0.4) is 0 Å². The molecular formula is C21H19N5O. The van der Waals surface area contributed by atoms with Crippen LogP contribution in [0.5, 0.6) is 0 Å². The molecule has 1 aromatic carbocycles. The van der Waals surface area contributed by atoms with E-state index in [2.05, 4.69) is 27.1 Å². The highest BCUT2D eigenvalue weighted by Gasteiger charge is 2.15. The summed E-state index contributed by atoms with van der Waals surface area (Å²) in [5.74, 6) is 0. The van der Waals surface area contributed by atoms with Crippen LogP contribution in [-0.4, -0.2) is 45.9 Å². The number of nitrogens with zero attached hydrogens (tertiary/aromatic N) is 5. The van der Waals surface area contributed by atoms with Crippen molar-refractivity contribution in [3.05, 3.63) is 66.2 Å². The molecule has 6 heteroatoms. The van der Waals surface area contributed by atoms with E-state index in [4.69, 9.17) is 9.72 Å². The van der Waals surface area contributed by atoms with Gasteiger partial charge in [-0.25, -0.2) is 14.5 Å². The van der Waals surface area contributed by atoms with Gasteiger partial charge in [-0.3, -0.25) is 0 Å². The normalized spacial score (nSPS) is 15.2. The van der Waals surface area contributed by atoms with Gasteiger partial charge in [0.15, 0.2) is 5.65 Å². The van der Waals surface area contributed by atoms with Gasteiger partial charge in [0, 0.05) is 18.5 Å². The highest BCUT2D eigenvalue weighted by atomic mass is 16.5. The molecule has 0 unspecified atom stereocenters. The van der Waals surface area contributed by atoms with Gasteiger partial charge in [0.1, 0.15) is 0 Å². The molecule has 0 amide bonds. The Morgan fingerprint density at radius 3 is 2.67 bits per heavy atom. The van der Waals surface area contributed by atoms with E-state index in [1.165, 1.54) is 0 Å². The van der Waals surface area contributed by atoms with E-state index in [0.29, 0.717) is 0 Å². The zero-order valence-electron chi connectivity index (χ0n) is 14.8. The second kappa shape index (κ2) is 6.81. The zero-order chi connectivity index (χ0) is 18.1. The first-order valence-corrected chi connectivity index (χ1v) is 9.08. The summed E-state index contributed by atoms with van der Waals surface area (Å²) in [5, 5.41) is 5.54. The first kappa shape index (κ1) is 16.0. The molecule has 1 aliphatic rings. The minimum Gasteiger partial charge on any atom is -0.378 e. The van der Waals surface area contributed by atoms with Crippen LogP contribution < -0.4 is 4.90 Å². The molecule has 0 saturated carbocycles. The van der Waals surface area contributed by atoms with Gasteiger partial charge in [0.2, 0.25) is 0 Å². The van der Waals surface area contributed by atoms with Gasteiger partial charge in [-0.15, -0.1) is 0 Å². The number of ether oxygens (including phenoxy) is 1. The van der Waals surface area contributed by atoms with Gasteiger partial charge < -0.3 is 9.64 Å². The standard InChI is InChI=1S/C21H19N5O/c1-2-4-19-16(3-1)5-6-17(23-19)7-8-18-15-26-21(24-18)20(9-10-22-26)25-11-13-27-14-12-25/h1-10,15H,11-14H2. The second-order valence-corrected chi connectivity index (χ2v) is 6.51. The Labute approximate surface area is 156 Å². The summed E-state index contributed by atoms with van der Waals surface area (Å²) in [6.07, 6.45) is 7.73. The van der Waals surface area contributed by atoms with Gasteiger partial charge in [-0.05, 0) is 30.4 Å². The topological polar surface area (TPSA) is 55.5 Å². The van der Waals surface area contributed by atoms with Crippen LogP contribution in [0.15, 0.2) is 54.9 Å². The number of imidazole rings is 1. The summed E-state index contributed by atoms with van der Waals surface area (Å²) < 4.78 is 7.29. The lowest BCUT2D eigenvalue weighted by Gasteiger charge is -2.28. The summed E-state index contributed by atoms with van der Waals surface area (Å²) >= 11 is 0. The van der Waals surface area contributed by atoms with Crippen molar-refractivity contribution in [2.75, 3.05) is 31.2 Å². The fourth-order valence-corrected chi connectivity index (χ4v) is 3.38. The Balaban J connectivity index is 1.46. The quantitative estimate of drug-likeness (QED) is 0.563. The first-order valence-electron chi connectivity index (χ1n) is 9.08. The van der Waals surface area contributed by atoms with E-state index in [9.17, 15) is 0 Å². The van der Waals surface area contributed by atoms with Crippen LogP contribution in [0.4, 0.5) is 5.69 Å². The van der Waals surface area contributed by atoms with Crippen molar-refractivity contribution < 1.29 is 4.74 Å². The zero-order valence-corrected chi connectivity index (χ0v) is 14.8. The number of para-hydroxylation sites is 1. The lowest BCUT2D eigenvalue weighted by molar-refractivity contribution is 0.123. The van der Waals surface area contributed by atoms with Crippen LogP contribution in [0, 0.1) is 0 Å². The van der Waals surface area contributed by atoms with Crippen LogP contribution >= 0.6 is 0 Å². The molecule has 1 fully saturated rings. The van der Waals surface area contributed by atoms with Gasteiger partial charge in [0.25, 0.3) is 0 Å². The fraction of sp³-hybridized carbons (Fsp3) is 0.190. The maximum atomic E-state index is 5.45. The van der Waals surface area contributed by atoms with Crippen LogP contribution in [-0.2, 0) is 4.74 Å². The Kier molecular flexibility index (Phi) is 4.03. The van der Waals surface area contributed by atoms with Crippen molar-refractivity contribution in [2.45, 2.75) is 0 Å². The van der Waals surface area contributed by atoms with Crippen molar-refractivity contribution in [3.8, 4) is 0 Å². The smallest absolute Gasteiger partial charge is 0.177 e. The van der Waals surface area contributed by atoms with Gasteiger partial charge in [-0.2, -0.15) is 5.10 Å². The van der Waals surface area contributed by atoms with E-state index in [1.54, 1.807) is 0 Å². The van der Waals surface area contributed by atoms with E-state index in [1.807, 2.05) is 59.4 Å². The maximum Gasteiger partial charge on any atom is 0.177 e. The summed E-state index contributed by atoms with van der Waals surface area (Å²) in [4.78, 5) is 11.7. The molecule has 1 saturated heterocycles. The number of fused-ring (bicyclic) bond motifs is 2. The Bertz CT molecular complexity index is 1130. The number of anilines is 1. The highest BCUT2D eigenvalue weighted by molar-refractivity contribution is 5.81. The number of morpholine rings is 1. The highest BCUT2D eigenvalue weighted by Crippen LogP contribution is 2.22. The summed E-state index contributed by atoms with van der Waals surface area (Å²) in [6.45, 7) is 3.24. The van der Waals surface area contributed by atoms with Crippen LogP contribution in [0.2, 0.25) is 0 Å². The molecule has 6 nitrogen and oxygen atoms in total. The predicted molar refractivity (Wildman–Crippen MR) is 107 cm³/mol. The monoisotopic (exact) mass is 357 g/mol. The summed E-state index contributed by atoms with van der Waals surface area (Å²) in [5.41, 5.74) is 4.72. The van der Waals surface area contributed by atoms with E-state index >= 15 is 0 Å². The minimum atomic E-state index is 0.746. The Hall–Kier alpha value is -3.25. The number of pyridine rings is 1. The number of rotatable bonds is 3. The van der Waals surface area contributed by atoms with E-state index in [0.717, 1.165) is 59.9 Å². The molecule has 0 bridgehead atoms.